The topological polar surface area (TPSA) is 80.8 Å². The minimum atomic E-state index is -3.08. The van der Waals surface area contributed by atoms with Crippen molar-refractivity contribution in [2.24, 2.45) is 0 Å². The minimum Gasteiger partial charge on any atom is -0.484 e. The third-order valence-corrected chi connectivity index (χ3v) is 5.91. The van der Waals surface area contributed by atoms with E-state index in [2.05, 4.69) is 6.58 Å². The Morgan fingerprint density at radius 3 is 2.52 bits per heavy atom. The molecule has 1 amide bonds. The van der Waals surface area contributed by atoms with E-state index in [0.717, 1.165) is 0 Å². The molecule has 0 saturated carbocycles. The summed E-state index contributed by atoms with van der Waals surface area (Å²) in [5, 5.41) is 0. The first-order valence-electron chi connectivity index (χ1n) is 8.23. The maximum atomic E-state index is 12.4. The monoisotopic (exact) mass is 365 g/mol. The molecule has 1 atom stereocenters. The van der Waals surface area contributed by atoms with Crippen molar-refractivity contribution >= 4 is 21.5 Å². The van der Waals surface area contributed by atoms with Gasteiger partial charge >= 0.3 is 0 Å². The molecular formula is C18H23NO5S. The number of ether oxygens (including phenoxy) is 1. The predicted octanol–water partition coefficient (Wildman–Crippen LogP) is 1.86. The van der Waals surface area contributed by atoms with Crippen molar-refractivity contribution in [3.8, 4) is 5.75 Å². The first kappa shape index (κ1) is 19.2. The van der Waals surface area contributed by atoms with Gasteiger partial charge in [-0.3, -0.25) is 9.59 Å². The van der Waals surface area contributed by atoms with Crippen molar-refractivity contribution in [3.63, 3.8) is 0 Å². The van der Waals surface area contributed by atoms with Crippen LogP contribution in [0.15, 0.2) is 36.9 Å². The van der Waals surface area contributed by atoms with E-state index in [9.17, 15) is 18.0 Å². The summed E-state index contributed by atoms with van der Waals surface area (Å²) >= 11 is 0. The van der Waals surface area contributed by atoms with Gasteiger partial charge in [0.1, 0.15) is 5.75 Å². The number of sulfone groups is 1. The maximum Gasteiger partial charge on any atom is 0.261 e. The van der Waals surface area contributed by atoms with Crippen molar-refractivity contribution in [3.05, 3.63) is 42.5 Å². The maximum absolute atomic E-state index is 12.4. The van der Waals surface area contributed by atoms with E-state index < -0.39 is 9.84 Å². The summed E-state index contributed by atoms with van der Waals surface area (Å²) in [6, 6.07) is 6.29. The Kier molecular flexibility index (Phi) is 6.36. The van der Waals surface area contributed by atoms with Crippen LogP contribution in [0.2, 0.25) is 0 Å². The van der Waals surface area contributed by atoms with Gasteiger partial charge < -0.3 is 9.64 Å². The lowest BCUT2D eigenvalue weighted by atomic mass is 10.1. The van der Waals surface area contributed by atoms with Crippen LogP contribution in [-0.2, 0) is 14.6 Å². The van der Waals surface area contributed by atoms with Crippen molar-refractivity contribution in [2.75, 3.05) is 24.7 Å². The Balaban J connectivity index is 1.97. The summed E-state index contributed by atoms with van der Waals surface area (Å²) < 4.78 is 28.8. The number of hydrogen-bond donors (Lipinski definition) is 0. The van der Waals surface area contributed by atoms with E-state index in [1.165, 1.54) is 4.90 Å². The fourth-order valence-corrected chi connectivity index (χ4v) is 4.51. The van der Waals surface area contributed by atoms with Gasteiger partial charge in [0.2, 0.25) is 0 Å². The lowest BCUT2D eigenvalue weighted by Crippen LogP contribution is -2.43. The highest BCUT2D eigenvalue weighted by Crippen LogP contribution is 2.19. The van der Waals surface area contributed by atoms with E-state index in [1.54, 1.807) is 37.3 Å². The molecule has 1 aliphatic heterocycles. The summed E-state index contributed by atoms with van der Waals surface area (Å²) in [5.41, 5.74) is 0.602. The zero-order valence-electron chi connectivity index (χ0n) is 14.3. The minimum absolute atomic E-state index is 0.0135. The van der Waals surface area contributed by atoms with E-state index in [-0.39, 0.29) is 42.4 Å². The largest absolute Gasteiger partial charge is 0.484 e. The lowest BCUT2D eigenvalue weighted by molar-refractivity contribution is -0.134. The molecule has 7 heteroatoms. The zero-order chi connectivity index (χ0) is 18.4. The van der Waals surface area contributed by atoms with Crippen LogP contribution in [0.4, 0.5) is 0 Å². The molecule has 0 aliphatic carbocycles. The molecule has 0 radical (unpaired) electrons. The lowest BCUT2D eigenvalue weighted by Gasteiger charge is -2.27. The van der Waals surface area contributed by atoms with Gasteiger partial charge in [0.15, 0.2) is 22.2 Å². The summed E-state index contributed by atoms with van der Waals surface area (Å²) in [7, 11) is -3.08. The van der Waals surface area contributed by atoms with Gasteiger partial charge in [-0.1, -0.05) is 13.0 Å². The molecule has 1 fully saturated rings. The Hall–Kier alpha value is -2.15. The number of rotatable bonds is 8. The smallest absolute Gasteiger partial charge is 0.261 e. The van der Waals surface area contributed by atoms with Crippen LogP contribution in [0, 0.1) is 0 Å². The molecular weight excluding hydrogens is 342 g/mol. The molecule has 25 heavy (non-hydrogen) atoms. The van der Waals surface area contributed by atoms with Gasteiger partial charge in [-0.15, -0.1) is 6.58 Å². The summed E-state index contributed by atoms with van der Waals surface area (Å²) in [6.07, 6.45) is 2.45. The van der Waals surface area contributed by atoms with Crippen molar-refractivity contribution in [1.29, 1.82) is 0 Å². The molecule has 0 bridgehead atoms. The molecule has 1 aromatic carbocycles. The highest BCUT2D eigenvalue weighted by atomic mass is 32.2. The summed E-state index contributed by atoms with van der Waals surface area (Å²) in [5.74, 6) is 0.337. The van der Waals surface area contributed by atoms with Crippen molar-refractivity contribution in [1.82, 2.24) is 4.90 Å². The van der Waals surface area contributed by atoms with E-state index >= 15 is 0 Å². The van der Waals surface area contributed by atoms with E-state index in [4.69, 9.17) is 4.74 Å². The number of carbonyl (C=O) groups excluding carboxylic acids is 2. The zero-order valence-corrected chi connectivity index (χ0v) is 15.1. The summed E-state index contributed by atoms with van der Waals surface area (Å²) in [4.78, 5) is 25.5. The molecule has 1 unspecified atom stereocenters. The average molecular weight is 365 g/mol. The van der Waals surface area contributed by atoms with Gasteiger partial charge in [0.05, 0.1) is 11.5 Å². The van der Waals surface area contributed by atoms with Gasteiger partial charge in [0, 0.05) is 24.6 Å². The highest BCUT2D eigenvalue weighted by molar-refractivity contribution is 7.91. The normalized spacial score (nSPS) is 18.5. The molecule has 2 rings (SSSR count). The molecule has 1 aliphatic rings. The van der Waals surface area contributed by atoms with Gasteiger partial charge in [-0.05, 0) is 30.7 Å². The second kappa shape index (κ2) is 8.29. The van der Waals surface area contributed by atoms with Crippen LogP contribution in [0.3, 0.4) is 0 Å². The number of hydrogen-bond acceptors (Lipinski definition) is 5. The fraction of sp³-hybridized carbons (Fsp3) is 0.444. The standard InChI is InChI=1S/C18H23NO5S/c1-3-10-19(15-9-11-25(22,23)13-15)18(21)12-24-16-7-5-14(6-8-16)17(20)4-2/h3,5-8,15H,1,4,9-13H2,2H3. The predicted molar refractivity (Wildman–Crippen MR) is 95.5 cm³/mol. The second-order valence-corrected chi connectivity index (χ2v) is 8.21. The first-order chi connectivity index (χ1) is 11.9. The molecule has 6 nitrogen and oxygen atoms in total. The number of carbonyl (C=O) groups is 2. The first-order valence-corrected chi connectivity index (χ1v) is 10.0. The molecule has 136 valence electrons. The SMILES string of the molecule is C=CCN(C(=O)COc1ccc(C(=O)CC)cc1)C1CCS(=O)(=O)C1. The Bertz CT molecular complexity index is 739. The van der Waals surface area contributed by atoms with Crippen LogP contribution < -0.4 is 4.74 Å². The van der Waals surface area contributed by atoms with Crippen LogP contribution in [0.25, 0.3) is 0 Å². The van der Waals surface area contributed by atoms with Crippen LogP contribution in [-0.4, -0.2) is 55.7 Å². The molecule has 1 heterocycles. The number of Topliss-reactive ketones (excluding diaryl/α,β-unsaturated/α-hetero) is 1. The Morgan fingerprint density at radius 2 is 2.00 bits per heavy atom. The second-order valence-electron chi connectivity index (χ2n) is 5.98. The number of amides is 1. The quantitative estimate of drug-likeness (QED) is 0.519. The molecule has 0 aromatic heterocycles. The molecule has 0 N–H and O–H groups in total. The molecule has 1 aromatic rings. The Morgan fingerprint density at radius 1 is 1.32 bits per heavy atom. The third-order valence-electron chi connectivity index (χ3n) is 4.16. The van der Waals surface area contributed by atoms with Crippen molar-refractivity contribution in [2.45, 2.75) is 25.8 Å². The van der Waals surface area contributed by atoms with Gasteiger partial charge in [-0.25, -0.2) is 8.42 Å². The van der Waals surface area contributed by atoms with E-state index in [1.807, 2.05) is 0 Å². The van der Waals surface area contributed by atoms with E-state index in [0.29, 0.717) is 24.2 Å². The average Bonchev–Trinajstić information content (AvgIpc) is 2.96. The Labute approximate surface area is 148 Å². The number of benzene rings is 1. The van der Waals surface area contributed by atoms with Crippen LogP contribution >= 0.6 is 0 Å². The summed E-state index contributed by atoms with van der Waals surface area (Å²) in [6.45, 7) is 5.52. The number of ketones is 1. The molecule has 1 saturated heterocycles. The molecule has 0 spiro atoms. The van der Waals surface area contributed by atoms with Gasteiger partial charge in [0.25, 0.3) is 5.91 Å². The van der Waals surface area contributed by atoms with Crippen LogP contribution in [0.5, 0.6) is 5.75 Å². The third kappa shape index (κ3) is 5.16. The van der Waals surface area contributed by atoms with Gasteiger partial charge in [-0.2, -0.15) is 0 Å². The van der Waals surface area contributed by atoms with Crippen molar-refractivity contribution < 1.29 is 22.7 Å². The van der Waals surface area contributed by atoms with Crippen LogP contribution in [0.1, 0.15) is 30.1 Å². The highest BCUT2D eigenvalue weighted by Gasteiger charge is 2.34. The fourth-order valence-electron chi connectivity index (χ4n) is 2.78. The number of nitrogens with zero attached hydrogens (tertiary/aromatic N) is 1.